The van der Waals surface area contributed by atoms with Gasteiger partial charge in [0.1, 0.15) is 11.3 Å². The molecule has 2 aromatic carbocycles. The highest BCUT2D eigenvalue weighted by atomic mass is 31.2. The average Bonchev–Trinajstić information content (AvgIpc) is 3.31. The van der Waals surface area contributed by atoms with Crippen LogP contribution in [0.25, 0.3) is 11.2 Å². The second-order valence-corrected chi connectivity index (χ2v) is 10.2. The Morgan fingerprint density at radius 2 is 1.84 bits per heavy atom. The molecule has 1 unspecified atom stereocenters. The minimum atomic E-state index is -3.81. The summed E-state index contributed by atoms with van der Waals surface area (Å²) in [5.41, 5.74) is 8.61. The maximum atomic E-state index is 13.8. The summed E-state index contributed by atoms with van der Waals surface area (Å²) in [6, 6.07) is 17.2. The molecule has 0 aliphatic heterocycles. The highest BCUT2D eigenvalue weighted by Crippen LogP contribution is 2.49. The first kappa shape index (κ1) is 26.3. The monoisotopic (exact) mass is 524 g/mol. The fraction of sp³-hybridized carbons (Fsp3) is 0.269. The van der Waals surface area contributed by atoms with E-state index in [1.54, 1.807) is 74.0 Å². The Morgan fingerprint density at radius 3 is 2.62 bits per heavy atom. The molecule has 10 nitrogen and oxygen atoms in total. The molecule has 4 aromatic rings. The second-order valence-electron chi connectivity index (χ2n) is 8.24. The molecule has 0 spiro atoms. The van der Waals surface area contributed by atoms with Gasteiger partial charge in [0.25, 0.3) is 0 Å². The van der Waals surface area contributed by atoms with Crippen LogP contribution in [0, 0.1) is 0 Å². The quantitative estimate of drug-likeness (QED) is 0.200. The van der Waals surface area contributed by atoms with Gasteiger partial charge < -0.3 is 24.3 Å². The van der Waals surface area contributed by atoms with Gasteiger partial charge in [-0.2, -0.15) is 0 Å². The van der Waals surface area contributed by atoms with E-state index in [1.165, 1.54) is 0 Å². The number of rotatable bonds is 12. The third-order valence-corrected chi connectivity index (χ3v) is 6.90. The van der Waals surface area contributed by atoms with Gasteiger partial charge in [-0.3, -0.25) is 4.52 Å². The van der Waals surface area contributed by atoms with Crippen molar-refractivity contribution in [2.45, 2.75) is 33.1 Å². The number of hydrogen-bond donors (Lipinski definition) is 1. The van der Waals surface area contributed by atoms with Crippen molar-refractivity contribution in [1.29, 1.82) is 0 Å². The van der Waals surface area contributed by atoms with E-state index < -0.39 is 13.6 Å². The molecular weight excluding hydrogens is 495 g/mol. The number of fused-ring (bicyclic) bond motifs is 1. The van der Waals surface area contributed by atoms with E-state index in [4.69, 9.17) is 24.3 Å². The zero-order valence-corrected chi connectivity index (χ0v) is 21.5. The van der Waals surface area contributed by atoms with Crippen molar-refractivity contribution in [2.75, 3.05) is 18.7 Å². The van der Waals surface area contributed by atoms with E-state index in [2.05, 4.69) is 9.97 Å². The summed E-state index contributed by atoms with van der Waals surface area (Å²) in [5.74, 6) is -0.103. The number of anilines is 1. The Balaban J connectivity index is 1.47. The van der Waals surface area contributed by atoms with E-state index >= 15 is 0 Å². The Kier molecular flexibility index (Phi) is 8.55. The third-order valence-electron chi connectivity index (χ3n) is 5.42. The molecule has 0 saturated heterocycles. The van der Waals surface area contributed by atoms with Gasteiger partial charge in [-0.25, -0.2) is 19.3 Å². The molecule has 0 bridgehead atoms. The minimum absolute atomic E-state index is 0.133. The predicted octanol–water partition coefficient (Wildman–Crippen LogP) is 5.04. The zero-order chi connectivity index (χ0) is 26.3. The maximum absolute atomic E-state index is 13.8. The van der Waals surface area contributed by atoms with Gasteiger partial charge in [-0.15, -0.1) is 0 Å². The number of nitrogens with two attached hydrogens (primary N) is 1. The second kappa shape index (κ2) is 12.0. The van der Waals surface area contributed by atoms with Gasteiger partial charge in [-0.05, 0) is 43.7 Å². The summed E-state index contributed by atoms with van der Waals surface area (Å²) in [4.78, 5) is 21.0. The Morgan fingerprint density at radius 1 is 1.08 bits per heavy atom. The van der Waals surface area contributed by atoms with Crippen molar-refractivity contribution < 1.29 is 27.9 Å². The summed E-state index contributed by atoms with van der Waals surface area (Å²) >= 11 is 0. The largest absolute Gasteiger partial charge is 0.462 e. The Hall–Kier alpha value is -3.72. The standard InChI is InChI=1S/C26H29N4O6P/c1-3-33-26(31)22-12-8-7-9-20(22)16-35-37(32,36-21-10-5-4-6-11-21)18-34-19(2)15-30-17-29-24-23(27)13-14-28-25(24)30/h4-14,17,19H,3,15-16,18H2,1-2H3,(H2,27,28)/t19-,37?/m1/s1. The number of nitrogen functional groups attached to an aromatic ring is 1. The zero-order valence-electron chi connectivity index (χ0n) is 20.6. The normalized spacial score (nSPS) is 13.7. The number of aromatic nitrogens is 3. The van der Waals surface area contributed by atoms with Crippen LogP contribution in [-0.4, -0.2) is 39.6 Å². The first-order valence-electron chi connectivity index (χ1n) is 11.8. The van der Waals surface area contributed by atoms with E-state index in [1.807, 2.05) is 17.6 Å². The molecule has 2 atom stereocenters. The van der Waals surface area contributed by atoms with Crippen LogP contribution >= 0.6 is 7.60 Å². The lowest BCUT2D eigenvalue weighted by atomic mass is 10.1. The van der Waals surface area contributed by atoms with Crippen LogP contribution in [0.15, 0.2) is 73.2 Å². The molecule has 0 aliphatic carbocycles. The smallest absolute Gasteiger partial charge is 0.405 e. The van der Waals surface area contributed by atoms with Crippen LogP contribution < -0.4 is 10.3 Å². The highest BCUT2D eigenvalue weighted by Gasteiger charge is 2.29. The number of carbonyl (C=O) groups is 1. The summed E-state index contributed by atoms with van der Waals surface area (Å²) < 4.78 is 38.3. The van der Waals surface area contributed by atoms with Gasteiger partial charge in [0.15, 0.2) is 12.0 Å². The number of imidazole rings is 1. The van der Waals surface area contributed by atoms with Gasteiger partial charge >= 0.3 is 13.6 Å². The van der Waals surface area contributed by atoms with Crippen LogP contribution in [0.1, 0.15) is 29.8 Å². The fourth-order valence-corrected chi connectivity index (χ4v) is 5.01. The molecule has 0 radical (unpaired) electrons. The van der Waals surface area contributed by atoms with E-state index in [9.17, 15) is 9.36 Å². The van der Waals surface area contributed by atoms with Gasteiger partial charge in [0.2, 0.25) is 0 Å². The average molecular weight is 525 g/mol. The van der Waals surface area contributed by atoms with E-state index in [0.717, 1.165) is 0 Å². The number of nitrogens with zero attached hydrogens (tertiary/aromatic N) is 3. The molecule has 0 fully saturated rings. The topological polar surface area (TPSA) is 128 Å². The molecule has 0 amide bonds. The number of hydrogen-bond acceptors (Lipinski definition) is 9. The SMILES string of the molecule is CCOC(=O)c1ccccc1COP(=O)(CO[C@H](C)Cn1cnc2c(N)ccnc21)Oc1ccccc1. The molecule has 2 N–H and O–H groups in total. The molecule has 0 saturated carbocycles. The lowest BCUT2D eigenvalue weighted by Crippen LogP contribution is -2.19. The summed E-state index contributed by atoms with van der Waals surface area (Å²) in [6.45, 7) is 4.07. The van der Waals surface area contributed by atoms with Crippen molar-refractivity contribution in [3.05, 3.63) is 84.3 Å². The summed E-state index contributed by atoms with van der Waals surface area (Å²) in [7, 11) is -3.81. The van der Waals surface area contributed by atoms with Crippen molar-refractivity contribution in [1.82, 2.24) is 14.5 Å². The lowest BCUT2D eigenvalue weighted by molar-refractivity contribution is 0.0522. The molecule has 11 heteroatoms. The van der Waals surface area contributed by atoms with Gasteiger partial charge in [-0.1, -0.05) is 36.4 Å². The first-order valence-corrected chi connectivity index (χ1v) is 13.5. The van der Waals surface area contributed by atoms with Crippen molar-refractivity contribution in [2.24, 2.45) is 0 Å². The van der Waals surface area contributed by atoms with Crippen LogP contribution in [-0.2, 0) is 31.7 Å². The van der Waals surface area contributed by atoms with Crippen LogP contribution in [0.4, 0.5) is 5.69 Å². The number of benzene rings is 2. The van der Waals surface area contributed by atoms with Crippen molar-refractivity contribution in [3.8, 4) is 5.75 Å². The lowest BCUT2D eigenvalue weighted by Gasteiger charge is -2.22. The summed E-state index contributed by atoms with van der Waals surface area (Å²) in [6.07, 6.45) is 2.55. The molecule has 4 rings (SSSR count). The van der Waals surface area contributed by atoms with Crippen molar-refractivity contribution >= 4 is 30.4 Å². The number of esters is 1. The highest BCUT2D eigenvalue weighted by molar-refractivity contribution is 7.54. The van der Waals surface area contributed by atoms with Crippen LogP contribution in [0.2, 0.25) is 0 Å². The first-order chi connectivity index (χ1) is 17.9. The number of carbonyl (C=O) groups excluding carboxylic acids is 1. The Labute approximate surface area is 214 Å². The minimum Gasteiger partial charge on any atom is -0.462 e. The van der Waals surface area contributed by atoms with E-state index in [0.29, 0.717) is 40.3 Å². The van der Waals surface area contributed by atoms with Gasteiger partial charge in [0.05, 0.1) is 43.4 Å². The number of para-hydroxylation sites is 1. The van der Waals surface area contributed by atoms with Crippen LogP contribution in [0.5, 0.6) is 5.75 Å². The van der Waals surface area contributed by atoms with E-state index in [-0.39, 0.29) is 25.7 Å². The molecule has 0 aliphatic rings. The van der Waals surface area contributed by atoms with Crippen LogP contribution in [0.3, 0.4) is 0 Å². The third kappa shape index (κ3) is 6.74. The predicted molar refractivity (Wildman–Crippen MR) is 139 cm³/mol. The molecule has 37 heavy (non-hydrogen) atoms. The molecule has 194 valence electrons. The fourth-order valence-electron chi connectivity index (χ4n) is 3.62. The molecular formula is C26H29N4O6P. The number of ether oxygens (including phenoxy) is 2. The van der Waals surface area contributed by atoms with Crippen molar-refractivity contribution in [3.63, 3.8) is 0 Å². The van der Waals surface area contributed by atoms with Gasteiger partial charge in [0, 0.05) is 6.20 Å². The number of pyridine rings is 1. The Bertz CT molecular complexity index is 1390. The molecule has 2 aromatic heterocycles. The maximum Gasteiger partial charge on any atom is 0.405 e. The molecule has 2 heterocycles. The summed E-state index contributed by atoms with van der Waals surface area (Å²) in [5, 5.41) is 0.